The van der Waals surface area contributed by atoms with Crippen molar-refractivity contribution < 1.29 is 13.2 Å². The molecule has 2 fully saturated rings. The fraction of sp³-hybridized carbons (Fsp3) is 0.611. The van der Waals surface area contributed by atoms with E-state index >= 15 is 0 Å². The van der Waals surface area contributed by atoms with Crippen LogP contribution in [0.5, 0.6) is 0 Å². The van der Waals surface area contributed by atoms with Gasteiger partial charge < -0.3 is 9.80 Å². The monoisotopic (exact) mass is 350 g/mol. The molecule has 2 atom stereocenters. The lowest BCUT2D eigenvalue weighted by atomic mass is 9.96. The van der Waals surface area contributed by atoms with E-state index in [0.717, 1.165) is 31.5 Å². The Labute approximate surface area is 144 Å². The lowest BCUT2D eigenvalue weighted by molar-refractivity contribution is -0.136. The molecule has 6 heteroatoms. The van der Waals surface area contributed by atoms with Crippen LogP contribution in [0.25, 0.3) is 0 Å². The van der Waals surface area contributed by atoms with Crippen molar-refractivity contribution in [3.8, 4) is 0 Å². The van der Waals surface area contributed by atoms with E-state index in [1.165, 1.54) is 0 Å². The highest BCUT2D eigenvalue weighted by molar-refractivity contribution is 7.91. The third-order valence-electron chi connectivity index (χ3n) is 5.20. The van der Waals surface area contributed by atoms with Crippen molar-refractivity contribution in [1.29, 1.82) is 0 Å². The zero-order valence-corrected chi connectivity index (χ0v) is 15.0. The minimum Gasteiger partial charge on any atom is -0.341 e. The number of likely N-dealkylation sites (tertiary alicyclic amines) is 1. The van der Waals surface area contributed by atoms with Gasteiger partial charge in [0.2, 0.25) is 5.91 Å². The highest BCUT2D eigenvalue weighted by atomic mass is 32.2. The highest BCUT2D eigenvalue weighted by Gasteiger charge is 2.35. The number of hydrogen-bond donors (Lipinski definition) is 0. The number of carbonyl (C=O) groups excluding carboxylic acids is 1. The zero-order valence-electron chi connectivity index (χ0n) is 14.2. The summed E-state index contributed by atoms with van der Waals surface area (Å²) in [7, 11) is -1.19. The number of sulfone groups is 1. The largest absolute Gasteiger partial charge is 0.341 e. The number of benzene rings is 1. The molecular formula is C18H26N2O3S. The van der Waals surface area contributed by atoms with Crippen LogP contribution < -0.4 is 0 Å². The summed E-state index contributed by atoms with van der Waals surface area (Å²) in [4.78, 5) is 16.8. The van der Waals surface area contributed by atoms with Gasteiger partial charge in [-0.25, -0.2) is 8.42 Å². The Morgan fingerprint density at radius 3 is 2.54 bits per heavy atom. The average Bonchev–Trinajstić information content (AvgIpc) is 2.73. The molecule has 1 aromatic rings. The number of rotatable bonds is 2. The van der Waals surface area contributed by atoms with Crippen LogP contribution >= 0.6 is 0 Å². The predicted octanol–water partition coefficient (Wildman–Crippen LogP) is 1.72. The molecule has 0 aromatic heterocycles. The Hall–Kier alpha value is -1.40. The van der Waals surface area contributed by atoms with E-state index in [4.69, 9.17) is 0 Å². The number of amides is 1. The van der Waals surface area contributed by atoms with Gasteiger partial charge in [0.05, 0.1) is 16.9 Å². The van der Waals surface area contributed by atoms with Crippen LogP contribution in [0.2, 0.25) is 0 Å². The standard InChI is InChI=1S/C18H26N2O3S/c1-19-10-5-8-16(14-19)18(21)20-11-9-17(24(22,23)13-12-20)15-6-3-2-4-7-15/h2-4,6-7,16-17H,5,8-14H2,1H3. The molecule has 2 aliphatic heterocycles. The summed E-state index contributed by atoms with van der Waals surface area (Å²) in [6.45, 7) is 2.67. The third kappa shape index (κ3) is 3.81. The average molecular weight is 350 g/mol. The second kappa shape index (κ2) is 7.23. The number of hydrogen-bond acceptors (Lipinski definition) is 4. The van der Waals surface area contributed by atoms with Gasteiger partial charge in [-0.1, -0.05) is 30.3 Å². The van der Waals surface area contributed by atoms with Gasteiger partial charge in [0, 0.05) is 19.6 Å². The van der Waals surface area contributed by atoms with Crippen LogP contribution in [0.1, 0.15) is 30.1 Å². The predicted molar refractivity (Wildman–Crippen MR) is 94.4 cm³/mol. The molecule has 2 unspecified atom stereocenters. The first-order valence-electron chi connectivity index (χ1n) is 8.71. The quantitative estimate of drug-likeness (QED) is 0.815. The van der Waals surface area contributed by atoms with Crippen LogP contribution in [0.4, 0.5) is 0 Å². The molecule has 2 aliphatic rings. The van der Waals surface area contributed by atoms with Crippen molar-refractivity contribution in [3.63, 3.8) is 0 Å². The van der Waals surface area contributed by atoms with Crippen LogP contribution in [0.3, 0.4) is 0 Å². The molecule has 1 aromatic carbocycles. The van der Waals surface area contributed by atoms with Crippen LogP contribution in [0.15, 0.2) is 30.3 Å². The van der Waals surface area contributed by atoms with Crippen molar-refractivity contribution in [2.75, 3.05) is 39.0 Å². The topological polar surface area (TPSA) is 57.7 Å². The van der Waals surface area contributed by atoms with E-state index in [-0.39, 0.29) is 17.6 Å². The first kappa shape index (κ1) is 17.4. The van der Waals surface area contributed by atoms with Crippen molar-refractivity contribution in [1.82, 2.24) is 9.80 Å². The van der Waals surface area contributed by atoms with Crippen molar-refractivity contribution >= 4 is 15.7 Å². The third-order valence-corrected chi connectivity index (χ3v) is 7.32. The van der Waals surface area contributed by atoms with Crippen LogP contribution in [-0.4, -0.2) is 63.1 Å². The molecule has 2 heterocycles. The van der Waals surface area contributed by atoms with Gasteiger partial charge in [-0.3, -0.25) is 4.79 Å². The van der Waals surface area contributed by atoms with E-state index < -0.39 is 15.1 Å². The number of carbonyl (C=O) groups is 1. The zero-order chi connectivity index (χ0) is 17.2. The molecule has 0 saturated carbocycles. The summed E-state index contributed by atoms with van der Waals surface area (Å²) in [5.74, 6) is 0.200. The molecule has 1 amide bonds. The Kier molecular flexibility index (Phi) is 5.25. The molecule has 0 radical (unpaired) electrons. The molecule has 0 spiro atoms. The van der Waals surface area contributed by atoms with E-state index in [1.54, 1.807) is 4.90 Å². The lowest BCUT2D eigenvalue weighted by Gasteiger charge is -2.32. The summed E-state index contributed by atoms with van der Waals surface area (Å²) >= 11 is 0. The van der Waals surface area contributed by atoms with E-state index in [9.17, 15) is 13.2 Å². The molecule has 0 aliphatic carbocycles. The van der Waals surface area contributed by atoms with Crippen molar-refractivity contribution in [2.24, 2.45) is 5.92 Å². The molecule has 0 bridgehead atoms. The van der Waals surface area contributed by atoms with E-state index in [1.807, 2.05) is 37.4 Å². The summed E-state index contributed by atoms with van der Waals surface area (Å²) in [6, 6.07) is 9.38. The first-order chi connectivity index (χ1) is 11.5. The van der Waals surface area contributed by atoms with Gasteiger partial charge >= 0.3 is 0 Å². The Morgan fingerprint density at radius 1 is 1.08 bits per heavy atom. The highest BCUT2D eigenvalue weighted by Crippen LogP contribution is 2.30. The molecule has 2 saturated heterocycles. The van der Waals surface area contributed by atoms with Gasteiger partial charge in [-0.15, -0.1) is 0 Å². The SMILES string of the molecule is CN1CCCC(C(=O)N2CCC(c3ccccc3)S(=O)(=O)CC2)C1. The minimum atomic E-state index is -3.23. The maximum Gasteiger partial charge on any atom is 0.227 e. The van der Waals surface area contributed by atoms with Crippen molar-refractivity contribution in [2.45, 2.75) is 24.5 Å². The molecule has 5 nitrogen and oxygen atoms in total. The Balaban J connectivity index is 1.73. The summed E-state index contributed by atoms with van der Waals surface area (Å²) < 4.78 is 25.3. The molecular weight excluding hydrogens is 324 g/mol. The van der Waals surface area contributed by atoms with E-state index in [2.05, 4.69) is 4.90 Å². The van der Waals surface area contributed by atoms with Gasteiger partial charge in [-0.2, -0.15) is 0 Å². The molecule has 0 N–H and O–H groups in total. The fourth-order valence-corrected chi connectivity index (χ4v) is 5.63. The second-order valence-corrected chi connectivity index (χ2v) is 9.28. The smallest absolute Gasteiger partial charge is 0.227 e. The minimum absolute atomic E-state index is 0.0136. The normalized spacial score (nSPS) is 28.3. The second-order valence-electron chi connectivity index (χ2n) is 6.98. The molecule has 3 rings (SSSR count). The fourth-order valence-electron chi connectivity index (χ4n) is 3.83. The number of nitrogens with zero attached hydrogens (tertiary/aromatic N) is 2. The van der Waals surface area contributed by atoms with Gasteiger partial charge in [0.15, 0.2) is 9.84 Å². The lowest BCUT2D eigenvalue weighted by Crippen LogP contribution is -2.44. The number of piperidine rings is 1. The maximum atomic E-state index is 12.8. The van der Waals surface area contributed by atoms with Gasteiger partial charge in [-0.05, 0) is 38.4 Å². The van der Waals surface area contributed by atoms with Crippen LogP contribution in [0, 0.1) is 5.92 Å². The Morgan fingerprint density at radius 2 is 1.83 bits per heavy atom. The first-order valence-corrected chi connectivity index (χ1v) is 10.4. The van der Waals surface area contributed by atoms with Gasteiger partial charge in [0.25, 0.3) is 0 Å². The summed E-state index contributed by atoms with van der Waals surface area (Å²) in [5.41, 5.74) is 0.837. The van der Waals surface area contributed by atoms with Crippen molar-refractivity contribution in [3.05, 3.63) is 35.9 Å². The molecule has 24 heavy (non-hydrogen) atoms. The van der Waals surface area contributed by atoms with Crippen LogP contribution in [-0.2, 0) is 14.6 Å². The summed E-state index contributed by atoms with van der Waals surface area (Å²) in [6.07, 6.45) is 2.43. The summed E-state index contributed by atoms with van der Waals surface area (Å²) in [5, 5.41) is -0.495. The van der Waals surface area contributed by atoms with E-state index in [0.29, 0.717) is 19.5 Å². The maximum absolute atomic E-state index is 12.8. The van der Waals surface area contributed by atoms with Gasteiger partial charge in [0.1, 0.15) is 0 Å². The Bertz CT molecular complexity index is 675. The molecule has 132 valence electrons.